The lowest BCUT2D eigenvalue weighted by Crippen LogP contribution is -2.09. The molecular weight excluding hydrogens is 250 g/mol. The third-order valence-electron chi connectivity index (χ3n) is 1.63. The molecular formula is C9H8BrNO3. The number of halogens is 1. The molecule has 0 radical (unpaired) electrons. The number of nitrogen functional groups attached to an aromatic ring is 1. The fourth-order valence-corrected chi connectivity index (χ4v) is 1.40. The van der Waals surface area contributed by atoms with Crippen LogP contribution in [0, 0.1) is 0 Å². The molecule has 0 spiro atoms. The molecule has 14 heavy (non-hydrogen) atoms. The normalized spacial score (nSPS) is 9.79. The van der Waals surface area contributed by atoms with Crippen LogP contribution in [0.1, 0.15) is 16.8 Å². The number of hydrogen-bond acceptors (Lipinski definition) is 3. The summed E-state index contributed by atoms with van der Waals surface area (Å²) in [5.41, 5.74) is 6.08. The number of carboxylic acid groups (broad SMARTS) is 1. The van der Waals surface area contributed by atoms with Crippen LogP contribution in [-0.2, 0) is 4.79 Å². The number of benzene rings is 1. The van der Waals surface area contributed by atoms with Crippen molar-refractivity contribution in [2.75, 3.05) is 5.73 Å². The van der Waals surface area contributed by atoms with E-state index in [1.54, 1.807) is 12.1 Å². The van der Waals surface area contributed by atoms with Crippen molar-refractivity contribution in [2.45, 2.75) is 6.42 Å². The highest BCUT2D eigenvalue weighted by Gasteiger charge is 2.13. The van der Waals surface area contributed by atoms with E-state index in [1.165, 1.54) is 6.07 Å². The Morgan fingerprint density at radius 2 is 2.07 bits per heavy atom. The van der Waals surface area contributed by atoms with Gasteiger partial charge in [0.05, 0.1) is 0 Å². The predicted molar refractivity (Wildman–Crippen MR) is 55.1 cm³/mol. The van der Waals surface area contributed by atoms with Crippen molar-refractivity contribution in [3.05, 3.63) is 28.2 Å². The lowest BCUT2D eigenvalue weighted by molar-refractivity contribution is -0.135. The third kappa shape index (κ3) is 2.56. The van der Waals surface area contributed by atoms with Crippen LogP contribution in [0.4, 0.5) is 5.69 Å². The molecule has 0 saturated heterocycles. The topological polar surface area (TPSA) is 80.4 Å². The summed E-state index contributed by atoms with van der Waals surface area (Å²) in [5, 5.41) is 8.42. The first kappa shape index (κ1) is 10.7. The van der Waals surface area contributed by atoms with Crippen LogP contribution in [0.5, 0.6) is 0 Å². The largest absolute Gasteiger partial charge is 0.481 e. The Labute approximate surface area is 88.9 Å². The molecule has 0 aliphatic rings. The van der Waals surface area contributed by atoms with Crippen molar-refractivity contribution in [2.24, 2.45) is 0 Å². The van der Waals surface area contributed by atoms with Gasteiger partial charge in [0, 0.05) is 15.7 Å². The van der Waals surface area contributed by atoms with Crippen LogP contribution in [0.2, 0.25) is 0 Å². The zero-order chi connectivity index (χ0) is 10.7. The average Bonchev–Trinajstić information content (AvgIpc) is 2.01. The molecule has 0 heterocycles. The van der Waals surface area contributed by atoms with Crippen molar-refractivity contribution in [1.29, 1.82) is 0 Å². The number of Topliss-reactive ketones (excluding diaryl/α,β-unsaturated/α-hetero) is 1. The molecule has 5 heteroatoms. The fraction of sp³-hybridized carbons (Fsp3) is 0.111. The molecule has 74 valence electrons. The van der Waals surface area contributed by atoms with Gasteiger partial charge in [-0.25, -0.2) is 0 Å². The minimum Gasteiger partial charge on any atom is -0.481 e. The van der Waals surface area contributed by atoms with E-state index in [-0.39, 0.29) is 11.3 Å². The molecule has 0 fully saturated rings. The Hall–Kier alpha value is -1.36. The summed E-state index contributed by atoms with van der Waals surface area (Å²) in [6.07, 6.45) is -0.536. The van der Waals surface area contributed by atoms with Gasteiger partial charge in [-0.3, -0.25) is 9.59 Å². The standard InChI is InChI=1S/C9H8BrNO3/c10-5-1-2-6(7(11)3-5)8(12)4-9(13)14/h1-3H,4,11H2,(H,13,14). The van der Waals surface area contributed by atoms with Gasteiger partial charge in [-0.1, -0.05) is 15.9 Å². The molecule has 0 amide bonds. The Morgan fingerprint density at radius 3 is 2.57 bits per heavy atom. The quantitative estimate of drug-likeness (QED) is 0.491. The molecule has 4 nitrogen and oxygen atoms in total. The maximum absolute atomic E-state index is 11.3. The van der Waals surface area contributed by atoms with Crippen LogP contribution >= 0.6 is 15.9 Å². The van der Waals surface area contributed by atoms with E-state index < -0.39 is 18.2 Å². The van der Waals surface area contributed by atoms with Gasteiger partial charge < -0.3 is 10.8 Å². The van der Waals surface area contributed by atoms with E-state index in [0.29, 0.717) is 0 Å². The van der Waals surface area contributed by atoms with Crippen molar-refractivity contribution >= 4 is 33.4 Å². The van der Waals surface area contributed by atoms with Crippen molar-refractivity contribution in [1.82, 2.24) is 0 Å². The summed E-state index contributed by atoms with van der Waals surface area (Å²) in [7, 11) is 0. The fourth-order valence-electron chi connectivity index (χ4n) is 1.02. The SMILES string of the molecule is Nc1cc(Br)ccc1C(=O)CC(=O)O. The number of anilines is 1. The minimum atomic E-state index is -1.16. The molecule has 0 bridgehead atoms. The first-order valence-electron chi connectivity index (χ1n) is 3.80. The molecule has 1 rings (SSSR count). The molecule has 0 aliphatic heterocycles. The zero-order valence-corrected chi connectivity index (χ0v) is 8.74. The average molecular weight is 258 g/mol. The van der Waals surface area contributed by atoms with Crippen molar-refractivity contribution < 1.29 is 14.7 Å². The number of nitrogens with two attached hydrogens (primary N) is 1. The molecule has 1 aromatic rings. The number of rotatable bonds is 3. The first-order chi connectivity index (χ1) is 6.50. The molecule has 0 atom stereocenters. The Morgan fingerprint density at radius 1 is 1.43 bits per heavy atom. The van der Waals surface area contributed by atoms with E-state index in [0.717, 1.165) is 4.47 Å². The number of carboxylic acids is 1. The summed E-state index contributed by atoms with van der Waals surface area (Å²) in [5.74, 6) is -1.64. The van der Waals surface area contributed by atoms with Gasteiger partial charge in [-0.05, 0) is 18.2 Å². The molecule has 0 saturated carbocycles. The third-order valence-corrected chi connectivity index (χ3v) is 2.12. The van der Waals surface area contributed by atoms with E-state index in [9.17, 15) is 9.59 Å². The lowest BCUT2D eigenvalue weighted by Gasteiger charge is -2.02. The van der Waals surface area contributed by atoms with Gasteiger partial charge >= 0.3 is 5.97 Å². The second kappa shape index (κ2) is 4.23. The molecule has 0 aliphatic carbocycles. The second-order valence-electron chi connectivity index (χ2n) is 2.73. The summed E-state index contributed by atoms with van der Waals surface area (Å²) in [6, 6.07) is 4.71. The smallest absolute Gasteiger partial charge is 0.311 e. The predicted octanol–water partition coefficient (Wildman–Crippen LogP) is 1.69. The van der Waals surface area contributed by atoms with Crippen molar-refractivity contribution in [3.8, 4) is 0 Å². The van der Waals surface area contributed by atoms with Gasteiger partial charge in [0.25, 0.3) is 0 Å². The minimum absolute atomic E-state index is 0.246. The number of ketones is 1. The number of hydrogen-bond donors (Lipinski definition) is 2. The van der Waals surface area contributed by atoms with Crippen LogP contribution < -0.4 is 5.73 Å². The van der Waals surface area contributed by atoms with E-state index in [2.05, 4.69) is 15.9 Å². The van der Waals surface area contributed by atoms with Crippen LogP contribution in [0.15, 0.2) is 22.7 Å². The second-order valence-corrected chi connectivity index (χ2v) is 3.64. The molecule has 1 aromatic carbocycles. The van der Waals surface area contributed by atoms with Gasteiger partial charge in [-0.2, -0.15) is 0 Å². The van der Waals surface area contributed by atoms with Gasteiger partial charge in [-0.15, -0.1) is 0 Å². The van der Waals surface area contributed by atoms with Crippen LogP contribution in [0.25, 0.3) is 0 Å². The van der Waals surface area contributed by atoms with E-state index in [1.807, 2.05) is 0 Å². The highest BCUT2D eigenvalue weighted by atomic mass is 79.9. The highest BCUT2D eigenvalue weighted by molar-refractivity contribution is 9.10. The maximum Gasteiger partial charge on any atom is 0.311 e. The van der Waals surface area contributed by atoms with Crippen LogP contribution in [-0.4, -0.2) is 16.9 Å². The molecule has 3 N–H and O–H groups in total. The summed E-state index contributed by atoms with van der Waals surface area (Å²) >= 11 is 3.19. The first-order valence-corrected chi connectivity index (χ1v) is 4.60. The number of carbonyl (C=O) groups excluding carboxylic acids is 1. The lowest BCUT2D eigenvalue weighted by atomic mass is 10.1. The Balaban J connectivity index is 2.96. The number of aliphatic carboxylic acids is 1. The summed E-state index contributed by atoms with van der Waals surface area (Å²) < 4.78 is 0.752. The van der Waals surface area contributed by atoms with Crippen LogP contribution in [0.3, 0.4) is 0 Å². The highest BCUT2D eigenvalue weighted by Crippen LogP contribution is 2.19. The Bertz CT molecular complexity index is 390. The maximum atomic E-state index is 11.3. The molecule has 0 aromatic heterocycles. The summed E-state index contributed by atoms with van der Waals surface area (Å²) in [4.78, 5) is 21.6. The zero-order valence-electron chi connectivity index (χ0n) is 7.16. The van der Waals surface area contributed by atoms with Gasteiger partial charge in [0.2, 0.25) is 0 Å². The van der Waals surface area contributed by atoms with E-state index in [4.69, 9.17) is 10.8 Å². The van der Waals surface area contributed by atoms with Gasteiger partial charge in [0.1, 0.15) is 6.42 Å². The Kier molecular flexibility index (Phi) is 3.24. The number of carbonyl (C=O) groups is 2. The van der Waals surface area contributed by atoms with E-state index >= 15 is 0 Å². The van der Waals surface area contributed by atoms with Crippen molar-refractivity contribution in [3.63, 3.8) is 0 Å². The van der Waals surface area contributed by atoms with Gasteiger partial charge in [0.15, 0.2) is 5.78 Å². The molecule has 0 unspecified atom stereocenters. The monoisotopic (exact) mass is 257 g/mol. The summed E-state index contributed by atoms with van der Waals surface area (Å²) in [6.45, 7) is 0.